The molecule has 2 aromatic carbocycles. The number of benzene rings is 2. The summed E-state index contributed by atoms with van der Waals surface area (Å²) >= 11 is 0. The minimum atomic E-state index is -0.464. The monoisotopic (exact) mass is 321 g/mol. The van der Waals surface area contributed by atoms with Crippen LogP contribution in [0.2, 0.25) is 0 Å². The first-order valence-corrected chi connectivity index (χ1v) is 8.80. The molecule has 3 unspecified atom stereocenters. The largest absolute Gasteiger partial charge is 0.369 e. The molecule has 4 rings (SSSR count). The number of carbonyl (C=O) groups excluding carboxylic acids is 1. The van der Waals surface area contributed by atoms with Gasteiger partial charge in [-0.25, -0.2) is 0 Å². The Morgan fingerprint density at radius 2 is 1.88 bits per heavy atom. The molecule has 0 spiro atoms. The maximum atomic E-state index is 12.4. The van der Waals surface area contributed by atoms with Gasteiger partial charge in [0.25, 0.3) is 0 Å². The SMILES string of the molecule is C[N+]1(Cc2ccccc2)CCC2(C(N)=O)CC1Cc1ccccc12. The Bertz CT molecular complexity index is 772. The Morgan fingerprint density at radius 1 is 1.17 bits per heavy atom. The lowest BCUT2D eigenvalue weighted by Gasteiger charge is -2.54. The third-order valence-corrected chi connectivity index (χ3v) is 6.36. The zero-order chi connectivity index (χ0) is 16.8. The van der Waals surface area contributed by atoms with Crippen LogP contribution in [0.4, 0.5) is 0 Å². The van der Waals surface area contributed by atoms with Gasteiger partial charge < -0.3 is 10.2 Å². The number of hydrogen-bond acceptors (Lipinski definition) is 1. The van der Waals surface area contributed by atoms with E-state index in [0.717, 1.165) is 36.8 Å². The van der Waals surface area contributed by atoms with Crippen molar-refractivity contribution < 1.29 is 9.28 Å². The third kappa shape index (κ3) is 2.27. The Hall–Kier alpha value is -2.13. The van der Waals surface area contributed by atoms with Gasteiger partial charge in [0.05, 0.1) is 25.0 Å². The van der Waals surface area contributed by atoms with Gasteiger partial charge in [0, 0.05) is 24.8 Å². The number of quaternary nitrogens is 1. The van der Waals surface area contributed by atoms with Crippen LogP contribution in [0, 0.1) is 0 Å². The van der Waals surface area contributed by atoms with Crippen molar-refractivity contribution in [2.24, 2.45) is 5.73 Å². The molecule has 1 fully saturated rings. The number of piperidine rings is 1. The first-order valence-electron chi connectivity index (χ1n) is 8.80. The molecule has 3 heteroatoms. The molecule has 3 atom stereocenters. The molecular formula is C21H25N2O+. The Balaban J connectivity index is 1.73. The Kier molecular flexibility index (Phi) is 3.50. The molecule has 1 amide bonds. The second-order valence-electron chi connectivity index (χ2n) is 7.76. The van der Waals surface area contributed by atoms with Gasteiger partial charge in [0.1, 0.15) is 6.54 Å². The minimum Gasteiger partial charge on any atom is -0.369 e. The number of primary amides is 1. The van der Waals surface area contributed by atoms with E-state index in [1.54, 1.807) is 0 Å². The fourth-order valence-electron chi connectivity index (χ4n) is 4.87. The van der Waals surface area contributed by atoms with Crippen LogP contribution in [0.25, 0.3) is 0 Å². The van der Waals surface area contributed by atoms with Gasteiger partial charge in [-0.2, -0.15) is 0 Å². The van der Waals surface area contributed by atoms with Crippen molar-refractivity contribution in [1.82, 2.24) is 0 Å². The molecule has 0 aromatic heterocycles. The quantitative estimate of drug-likeness (QED) is 0.868. The maximum absolute atomic E-state index is 12.4. The maximum Gasteiger partial charge on any atom is 0.228 e. The van der Waals surface area contributed by atoms with Gasteiger partial charge >= 0.3 is 0 Å². The fourth-order valence-corrected chi connectivity index (χ4v) is 4.87. The Morgan fingerprint density at radius 3 is 2.62 bits per heavy atom. The van der Waals surface area contributed by atoms with Gasteiger partial charge in [-0.15, -0.1) is 0 Å². The number of nitrogens with two attached hydrogens (primary N) is 1. The number of fused-ring (bicyclic) bond motifs is 4. The van der Waals surface area contributed by atoms with E-state index < -0.39 is 5.41 Å². The smallest absolute Gasteiger partial charge is 0.228 e. The van der Waals surface area contributed by atoms with Gasteiger partial charge in [-0.3, -0.25) is 4.79 Å². The summed E-state index contributed by atoms with van der Waals surface area (Å²) in [5.41, 5.74) is 9.31. The van der Waals surface area contributed by atoms with E-state index in [0.29, 0.717) is 6.04 Å². The van der Waals surface area contributed by atoms with Crippen LogP contribution in [0.5, 0.6) is 0 Å². The summed E-state index contributed by atoms with van der Waals surface area (Å²) in [6.45, 7) is 2.01. The first kappa shape index (κ1) is 15.4. The molecular weight excluding hydrogens is 296 g/mol. The molecule has 1 aliphatic heterocycles. The van der Waals surface area contributed by atoms with Crippen LogP contribution < -0.4 is 5.73 Å². The van der Waals surface area contributed by atoms with Crippen LogP contribution >= 0.6 is 0 Å². The van der Waals surface area contributed by atoms with Gasteiger partial charge in [0.15, 0.2) is 0 Å². The number of amides is 1. The molecule has 24 heavy (non-hydrogen) atoms. The van der Waals surface area contributed by atoms with E-state index in [1.807, 2.05) is 6.07 Å². The van der Waals surface area contributed by atoms with Crippen LogP contribution in [0.1, 0.15) is 29.5 Å². The number of hydrogen-bond donors (Lipinski definition) is 1. The zero-order valence-electron chi connectivity index (χ0n) is 14.2. The van der Waals surface area contributed by atoms with Crippen molar-refractivity contribution in [2.45, 2.75) is 37.3 Å². The average Bonchev–Trinajstić information content (AvgIpc) is 2.59. The molecule has 124 valence electrons. The van der Waals surface area contributed by atoms with Crippen LogP contribution in [-0.2, 0) is 23.2 Å². The number of nitrogens with zero attached hydrogens (tertiary/aromatic N) is 1. The highest BCUT2D eigenvalue weighted by molar-refractivity contribution is 5.87. The Labute approximate surface area is 143 Å². The molecule has 3 nitrogen and oxygen atoms in total. The molecule has 2 N–H and O–H groups in total. The summed E-state index contributed by atoms with van der Waals surface area (Å²) in [4.78, 5) is 12.4. The lowest BCUT2D eigenvalue weighted by molar-refractivity contribution is -0.952. The van der Waals surface area contributed by atoms with Crippen LogP contribution in [0.15, 0.2) is 54.6 Å². The molecule has 2 aliphatic rings. The minimum absolute atomic E-state index is 0.148. The van der Waals surface area contributed by atoms with E-state index in [-0.39, 0.29) is 5.91 Å². The molecule has 0 radical (unpaired) electrons. The third-order valence-electron chi connectivity index (χ3n) is 6.36. The first-order chi connectivity index (χ1) is 11.5. The summed E-state index contributed by atoms with van der Waals surface area (Å²) in [6.07, 6.45) is 2.76. The second-order valence-corrected chi connectivity index (χ2v) is 7.76. The normalized spacial score (nSPS) is 31.3. The summed E-state index contributed by atoms with van der Waals surface area (Å²) in [7, 11) is 2.34. The predicted molar refractivity (Wildman–Crippen MR) is 95.2 cm³/mol. The van der Waals surface area contributed by atoms with Crippen molar-refractivity contribution in [3.05, 3.63) is 71.3 Å². The fraction of sp³-hybridized carbons (Fsp3) is 0.381. The lowest BCUT2D eigenvalue weighted by atomic mass is 9.62. The number of rotatable bonds is 3. The summed E-state index contributed by atoms with van der Waals surface area (Å²) in [5, 5.41) is 0. The molecule has 1 aliphatic carbocycles. The molecule has 2 bridgehead atoms. The van der Waals surface area contributed by atoms with E-state index in [9.17, 15) is 4.79 Å². The molecule has 0 saturated carbocycles. The number of carbonyl (C=O) groups is 1. The van der Waals surface area contributed by atoms with Crippen molar-refractivity contribution >= 4 is 5.91 Å². The zero-order valence-corrected chi connectivity index (χ0v) is 14.2. The average molecular weight is 321 g/mol. The highest BCUT2D eigenvalue weighted by atomic mass is 16.1. The summed E-state index contributed by atoms with van der Waals surface area (Å²) < 4.78 is 0.993. The van der Waals surface area contributed by atoms with Crippen molar-refractivity contribution in [3.63, 3.8) is 0 Å². The highest BCUT2D eigenvalue weighted by Crippen LogP contribution is 2.47. The summed E-state index contributed by atoms with van der Waals surface area (Å²) in [6, 6.07) is 19.5. The highest BCUT2D eigenvalue weighted by Gasteiger charge is 2.54. The van der Waals surface area contributed by atoms with Gasteiger partial charge in [0.2, 0.25) is 5.91 Å². The second kappa shape index (κ2) is 5.45. The van der Waals surface area contributed by atoms with Crippen molar-refractivity contribution in [2.75, 3.05) is 13.6 Å². The van der Waals surface area contributed by atoms with E-state index in [1.165, 1.54) is 16.7 Å². The van der Waals surface area contributed by atoms with Gasteiger partial charge in [-0.05, 0) is 11.1 Å². The standard InChI is InChI=1S/C21H24N2O/c1-23(15-16-7-3-2-4-8-16)12-11-21(20(22)24)14-18(23)13-17-9-5-6-10-19(17)21/h2-10,18H,11-15H2,1H3,(H-,22,24)/p+1. The van der Waals surface area contributed by atoms with Crippen molar-refractivity contribution in [3.8, 4) is 0 Å². The number of likely N-dealkylation sites (tertiary alicyclic amines) is 1. The predicted octanol–water partition coefficient (Wildman–Crippen LogP) is 2.78. The van der Waals surface area contributed by atoms with E-state index >= 15 is 0 Å². The molecule has 2 aromatic rings. The number of likely N-dealkylation sites (N-methyl/N-ethyl adjacent to an activating group) is 1. The van der Waals surface area contributed by atoms with Gasteiger partial charge in [-0.1, -0.05) is 54.6 Å². The van der Waals surface area contributed by atoms with E-state index in [4.69, 9.17) is 5.73 Å². The molecule has 1 saturated heterocycles. The van der Waals surface area contributed by atoms with E-state index in [2.05, 4.69) is 55.6 Å². The summed E-state index contributed by atoms with van der Waals surface area (Å²) in [5.74, 6) is -0.148. The lowest BCUT2D eigenvalue weighted by Crippen LogP contribution is -2.65. The van der Waals surface area contributed by atoms with Crippen LogP contribution in [0.3, 0.4) is 0 Å². The topological polar surface area (TPSA) is 43.1 Å². The van der Waals surface area contributed by atoms with Crippen LogP contribution in [-0.4, -0.2) is 30.0 Å². The van der Waals surface area contributed by atoms with Crippen molar-refractivity contribution in [1.29, 1.82) is 0 Å². The molecule has 1 heterocycles.